The lowest BCUT2D eigenvalue weighted by Gasteiger charge is -2.13. The van der Waals surface area contributed by atoms with Crippen LogP contribution in [0.15, 0.2) is 48.8 Å². The number of rotatable bonds is 7. The Morgan fingerprint density at radius 2 is 2.17 bits per heavy atom. The molecule has 9 heteroatoms. The molecule has 0 bridgehead atoms. The number of carbonyl (C=O) groups excluding carboxylic acids is 1. The minimum atomic E-state index is -2.74. The van der Waals surface area contributed by atoms with Gasteiger partial charge in [-0.2, -0.15) is 0 Å². The number of carbonyl (C=O) groups is 1. The second-order valence-corrected chi connectivity index (χ2v) is 7.00. The third kappa shape index (κ3) is 5.22. The standard InChI is InChI=1S/C21H21ClFN5O2/c1-28(2)8-4-5-20(29)27-18-10-14-17(11-19(18)30-3)24-12-25-21(14)26-13-6-7-16(23)15(22)9-13/h4-7,9-12H,8H2,1-3H3,(H,27,29)(H,24,25,26)/b5-4+/i3D3. The van der Waals surface area contributed by atoms with Crippen LogP contribution in [-0.2, 0) is 4.79 Å². The molecule has 2 N–H and O–H groups in total. The number of hydrogen-bond acceptors (Lipinski definition) is 6. The summed E-state index contributed by atoms with van der Waals surface area (Å²) in [5, 5.41) is 6.05. The molecule has 0 saturated carbocycles. The van der Waals surface area contributed by atoms with Gasteiger partial charge in [0.1, 0.15) is 23.7 Å². The van der Waals surface area contributed by atoms with Crippen LogP contribution in [0, 0.1) is 5.82 Å². The Hall–Kier alpha value is -3.23. The van der Waals surface area contributed by atoms with Crippen molar-refractivity contribution in [1.29, 1.82) is 0 Å². The smallest absolute Gasteiger partial charge is 0.248 e. The van der Waals surface area contributed by atoms with E-state index in [1.807, 2.05) is 19.0 Å². The van der Waals surface area contributed by atoms with E-state index in [2.05, 4.69) is 20.6 Å². The number of fused-ring (bicyclic) bond motifs is 1. The number of amides is 1. The predicted molar refractivity (Wildman–Crippen MR) is 117 cm³/mol. The molecule has 3 rings (SSSR count). The Balaban J connectivity index is 2.01. The normalized spacial score (nSPS) is 13.2. The number of hydrogen-bond donors (Lipinski definition) is 2. The zero-order valence-corrected chi connectivity index (χ0v) is 17.0. The van der Waals surface area contributed by atoms with Gasteiger partial charge in [-0.1, -0.05) is 17.7 Å². The van der Waals surface area contributed by atoms with E-state index in [1.165, 1.54) is 42.7 Å². The Labute approximate surface area is 182 Å². The average Bonchev–Trinajstić information content (AvgIpc) is 2.70. The third-order valence-electron chi connectivity index (χ3n) is 4.03. The van der Waals surface area contributed by atoms with Crippen LogP contribution in [0.3, 0.4) is 0 Å². The highest BCUT2D eigenvalue weighted by Crippen LogP contribution is 2.33. The molecule has 0 unspecified atom stereocenters. The molecule has 2 aromatic carbocycles. The van der Waals surface area contributed by atoms with Crippen molar-refractivity contribution >= 4 is 45.6 Å². The fourth-order valence-corrected chi connectivity index (χ4v) is 2.80. The summed E-state index contributed by atoms with van der Waals surface area (Å²) >= 11 is 5.85. The van der Waals surface area contributed by atoms with Gasteiger partial charge in [0.05, 0.1) is 27.4 Å². The maximum Gasteiger partial charge on any atom is 0.248 e. The van der Waals surface area contributed by atoms with Gasteiger partial charge in [0.2, 0.25) is 5.91 Å². The molecule has 0 fully saturated rings. The van der Waals surface area contributed by atoms with E-state index in [9.17, 15) is 9.18 Å². The summed E-state index contributed by atoms with van der Waals surface area (Å²) in [6.07, 6.45) is 4.27. The molecule has 0 saturated heterocycles. The van der Waals surface area contributed by atoms with Gasteiger partial charge in [0.25, 0.3) is 0 Å². The van der Waals surface area contributed by atoms with Crippen molar-refractivity contribution in [3.8, 4) is 5.75 Å². The van der Waals surface area contributed by atoms with E-state index in [-0.39, 0.29) is 16.5 Å². The number of benzene rings is 2. The lowest BCUT2D eigenvalue weighted by atomic mass is 10.1. The van der Waals surface area contributed by atoms with Crippen molar-refractivity contribution < 1.29 is 18.0 Å². The van der Waals surface area contributed by atoms with E-state index in [0.717, 1.165) is 0 Å². The number of aromatic nitrogens is 2. The van der Waals surface area contributed by atoms with Crippen LogP contribution in [0.2, 0.25) is 5.02 Å². The van der Waals surface area contributed by atoms with Gasteiger partial charge >= 0.3 is 0 Å². The van der Waals surface area contributed by atoms with Crippen molar-refractivity contribution in [2.24, 2.45) is 0 Å². The summed E-state index contributed by atoms with van der Waals surface area (Å²) in [7, 11) is 0.972. The van der Waals surface area contributed by atoms with Crippen LogP contribution < -0.4 is 15.4 Å². The molecular formula is C21H21ClFN5O2. The van der Waals surface area contributed by atoms with E-state index < -0.39 is 18.8 Å². The molecule has 30 heavy (non-hydrogen) atoms. The van der Waals surface area contributed by atoms with Crippen LogP contribution in [-0.4, -0.2) is 48.5 Å². The number of halogens is 2. The molecule has 3 aromatic rings. The third-order valence-corrected chi connectivity index (χ3v) is 4.32. The van der Waals surface area contributed by atoms with Gasteiger partial charge in [-0.25, -0.2) is 14.4 Å². The number of nitrogens with zero attached hydrogens (tertiary/aromatic N) is 3. The molecule has 0 atom stereocenters. The van der Waals surface area contributed by atoms with E-state index >= 15 is 0 Å². The van der Waals surface area contributed by atoms with Gasteiger partial charge in [-0.05, 0) is 38.4 Å². The molecular weight excluding hydrogens is 409 g/mol. The summed E-state index contributed by atoms with van der Waals surface area (Å²) in [4.78, 5) is 22.6. The summed E-state index contributed by atoms with van der Waals surface area (Å²) < 4.78 is 40.9. The zero-order valence-electron chi connectivity index (χ0n) is 19.2. The molecule has 1 heterocycles. The summed E-state index contributed by atoms with van der Waals surface area (Å²) in [6.45, 7) is 0.548. The first kappa shape index (κ1) is 17.6. The molecule has 0 spiro atoms. The first-order chi connectivity index (χ1) is 15.5. The first-order valence-corrected chi connectivity index (χ1v) is 9.22. The van der Waals surface area contributed by atoms with Crippen molar-refractivity contribution in [2.75, 3.05) is 38.3 Å². The van der Waals surface area contributed by atoms with Crippen molar-refractivity contribution in [3.63, 3.8) is 0 Å². The maximum atomic E-state index is 13.5. The van der Waals surface area contributed by atoms with Crippen LogP contribution in [0.5, 0.6) is 5.75 Å². The van der Waals surface area contributed by atoms with Crippen LogP contribution in [0.1, 0.15) is 4.11 Å². The molecule has 7 nitrogen and oxygen atoms in total. The predicted octanol–water partition coefficient (Wildman–Crippen LogP) is 4.23. The zero-order chi connectivity index (χ0) is 24.2. The number of likely N-dealkylation sites (N-methyl/N-ethyl adjacent to an activating group) is 1. The average molecular weight is 433 g/mol. The topological polar surface area (TPSA) is 79.4 Å². The molecule has 0 aliphatic rings. The van der Waals surface area contributed by atoms with Crippen molar-refractivity contribution in [1.82, 2.24) is 14.9 Å². The van der Waals surface area contributed by atoms with E-state index in [1.54, 1.807) is 6.08 Å². The highest BCUT2D eigenvalue weighted by molar-refractivity contribution is 6.31. The summed E-state index contributed by atoms with van der Waals surface area (Å²) in [5.74, 6) is -0.773. The van der Waals surface area contributed by atoms with E-state index in [4.69, 9.17) is 20.5 Å². The fourth-order valence-electron chi connectivity index (χ4n) is 2.62. The maximum absolute atomic E-state index is 13.5. The molecule has 0 aliphatic heterocycles. The largest absolute Gasteiger partial charge is 0.494 e. The highest BCUT2D eigenvalue weighted by atomic mass is 35.5. The fraction of sp³-hybridized carbons (Fsp3) is 0.190. The molecule has 1 amide bonds. The van der Waals surface area contributed by atoms with Gasteiger partial charge in [0, 0.05) is 29.8 Å². The highest BCUT2D eigenvalue weighted by Gasteiger charge is 2.13. The van der Waals surface area contributed by atoms with Gasteiger partial charge in [-0.3, -0.25) is 4.79 Å². The summed E-state index contributed by atoms with van der Waals surface area (Å²) in [5.41, 5.74) is 0.954. The van der Waals surface area contributed by atoms with Crippen LogP contribution >= 0.6 is 11.6 Å². The molecule has 0 aliphatic carbocycles. The number of ether oxygens (including phenoxy) is 1. The van der Waals surface area contributed by atoms with E-state index in [0.29, 0.717) is 29.0 Å². The minimum Gasteiger partial charge on any atom is -0.494 e. The Bertz CT molecular complexity index is 1200. The number of anilines is 3. The molecule has 1 aromatic heterocycles. The second-order valence-electron chi connectivity index (χ2n) is 6.60. The monoisotopic (exact) mass is 432 g/mol. The van der Waals surface area contributed by atoms with Gasteiger partial charge in [0.15, 0.2) is 0 Å². The van der Waals surface area contributed by atoms with Crippen molar-refractivity contribution in [2.45, 2.75) is 0 Å². The number of nitrogens with one attached hydrogen (secondary N) is 2. The first-order valence-electron chi connectivity index (χ1n) is 10.3. The Kier molecular flexibility index (Phi) is 5.58. The lowest BCUT2D eigenvalue weighted by Crippen LogP contribution is -2.13. The van der Waals surface area contributed by atoms with Gasteiger partial charge in [-0.15, -0.1) is 0 Å². The second kappa shape index (κ2) is 9.51. The van der Waals surface area contributed by atoms with Gasteiger partial charge < -0.3 is 20.3 Å². The lowest BCUT2D eigenvalue weighted by molar-refractivity contribution is -0.111. The summed E-state index contributed by atoms with van der Waals surface area (Å²) in [6, 6.07) is 6.99. The number of methoxy groups -OCH3 is 1. The Morgan fingerprint density at radius 1 is 1.33 bits per heavy atom. The Morgan fingerprint density at radius 3 is 2.90 bits per heavy atom. The minimum absolute atomic E-state index is 0.0656. The SMILES string of the molecule is [2H]C([2H])([2H])Oc1cc2ncnc(Nc3ccc(F)c(Cl)c3)c2cc1NC(=O)/C=C/CN(C)C. The van der Waals surface area contributed by atoms with Crippen LogP contribution in [0.4, 0.5) is 21.6 Å². The van der Waals surface area contributed by atoms with Crippen molar-refractivity contribution in [3.05, 3.63) is 59.7 Å². The molecule has 0 radical (unpaired) electrons. The molecule has 156 valence electrons. The quantitative estimate of drug-likeness (QED) is 0.544. The van der Waals surface area contributed by atoms with Crippen LogP contribution in [0.25, 0.3) is 10.9 Å².